The highest BCUT2D eigenvalue weighted by molar-refractivity contribution is 6.46. The molecule has 0 bridgehead atoms. The molecule has 0 aliphatic carbocycles. The van der Waals surface area contributed by atoms with Crippen molar-refractivity contribution < 1.29 is 24.2 Å². The van der Waals surface area contributed by atoms with Gasteiger partial charge in [-0.1, -0.05) is 13.8 Å². The van der Waals surface area contributed by atoms with Crippen LogP contribution >= 0.6 is 0 Å². The highest BCUT2D eigenvalue weighted by atomic mass is 16.5. The number of nitrogens with zero attached hydrogens (tertiary/aromatic N) is 2. The van der Waals surface area contributed by atoms with Crippen LogP contribution in [0.15, 0.2) is 54.4 Å². The Kier molecular flexibility index (Phi) is 6.84. The van der Waals surface area contributed by atoms with Gasteiger partial charge in [0.1, 0.15) is 11.5 Å². The van der Waals surface area contributed by atoms with E-state index in [0.717, 1.165) is 0 Å². The molecule has 1 fully saturated rings. The second-order valence-corrected chi connectivity index (χ2v) is 7.50. The minimum Gasteiger partial charge on any atom is -0.507 e. The fraction of sp³-hybridized carbons (Fsp3) is 0.348. The highest BCUT2D eigenvalue weighted by Gasteiger charge is 2.45. The van der Waals surface area contributed by atoms with Crippen LogP contribution in [0.5, 0.6) is 5.75 Å². The number of ketones is 1. The first-order valence-corrected chi connectivity index (χ1v) is 9.84. The van der Waals surface area contributed by atoms with Crippen molar-refractivity contribution in [3.05, 3.63) is 65.5 Å². The van der Waals surface area contributed by atoms with Gasteiger partial charge in [0.2, 0.25) is 0 Å². The Labute approximate surface area is 175 Å². The van der Waals surface area contributed by atoms with E-state index < -0.39 is 17.7 Å². The number of hydrogen-bond acceptors (Lipinski definition) is 6. The molecular weight excluding hydrogens is 384 g/mol. The monoisotopic (exact) mass is 410 g/mol. The van der Waals surface area contributed by atoms with E-state index in [2.05, 4.69) is 18.8 Å². The van der Waals surface area contributed by atoms with E-state index in [1.165, 1.54) is 12.0 Å². The molecular formula is C23H26N2O5. The van der Waals surface area contributed by atoms with E-state index in [0.29, 0.717) is 29.4 Å². The summed E-state index contributed by atoms with van der Waals surface area (Å²) in [5, 5.41) is 11.0. The molecule has 30 heavy (non-hydrogen) atoms. The standard InChI is InChI=1S/C23H26N2O5/c1-15(2)14-30-18-6-4-17(5-7-18)21(26)19-20(16-8-10-24-11-9-16)25(12-13-29-3)23(28)22(19)27/h4-11,15,20,26H,12-14H2,1-3H3/t20-/m1/s1. The summed E-state index contributed by atoms with van der Waals surface area (Å²) in [6.45, 7) is 5.20. The van der Waals surface area contributed by atoms with Gasteiger partial charge in [0.15, 0.2) is 0 Å². The zero-order valence-corrected chi connectivity index (χ0v) is 17.4. The van der Waals surface area contributed by atoms with Crippen molar-refractivity contribution in [1.29, 1.82) is 0 Å². The Morgan fingerprint density at radius 2 is 1.80 bits per heavy atom. The lowest BCUT2D eigenvalue weighted by molar-refractivity contribution is -0.140. The summed E-state index contributed by atoms with van der Waals surface area (Å²) < 4.78 is 10.8. The van der Waals surface area contributed by atoms with Gasteiger partial charge in [0.05, 0.1) is 24.8 Å². The molecule has 1 saturated heterocycles. The van der Waals surface area contributed by atoms with Crippen molar-refractivity contribution in [2.75, 3.05) is 26.9 Å². The SMILES string of the molecule is COCCN1C(=O)C(=O)C(=C(O)c2ccc(OCC(C)C)cc2)[C@H]1c1ccncc1. The number of amides is 1. The van der Waals surface area contributed by atoms with E-state index in [4.69, 9.17) is 9.47 Å². The summed E-state index contributed by atoms with van der Waals surface area (Å²) in [4.78, 5) is 30.9. The Bertz CT molecular complexity index is 922. The third kappa shape index (κ3) is 4.52. The van der Waals surface area contributed by atoms with Crippen LogP contribution in [0, 0.1) is 5.92 Å². The molecule has 3 rings (SSSR count). The van der Waals surface area contributed by atoms with E-state index >= 15 is 0 Å². The van der Waals surface area contributed by atoms with Crippen LogP contribution < -0.4 is 4.74 Å². The average molecular weight is 410 g/mol. The van der Waals surface area contributed by atoms with Gasteiger partial charge in [-0.05, 0) is 47.9 Å². The largest absolute Gasteiger partial charge is 0.507 e. The van der Waals surface area contributed by atoms with E-state index in [1.807, 2.05) is 0 Å². The van der Waals surface area contributed by atoms with Crippen LogP contribution in [-0.4, -0.2) is 53.5 Å². The molecule has 1 N–H and O–H groups in total. The fourth-order valence-corrected chi connectivity index (χ4v) is 3.32. The molecule has 1 aliphatic heterocycles. The molecule has 7 nitrogen and oxygen atoms in total. The summed E-state index contributed by atoms with van der Waals surface area (Å²) in [5.41, 5.74) is 1.19. The van der Waals surface area contributed by atoms with Crippen LogP contribution in [0.3, 0.4) is 0 Å². The number of aromatic nitrogens is 1. The van der Waals surface area contributed by atoms with Crippen molar-refractivity contribution >= 4 is 17.4 Å². The highest BCUT2D eigenvalue weighted by Crippen LogP contribution is 2.39. The number of rotatable bonds is 8. The number of pyridine rings is 1. The van der Waals surface area contributed by atoms with Crippen LogP contribution in [-0.2, 0) is 14.3 Å². The first kappa shape index (κ1) is 21.5. The molecule has 1 atom stereocenters. The van der Waals surface area contributed by atoms with Crippen LogP contribution in [0.4, 0.5) is 0 Å². The average Bonchev–Trinajstić information content (AvgIpc) is 3.01. The summed E-state index contributed by atoms with van der Waals surface area (Å²) >= 11 is 0. The lowest BCUT2D eigenvalue weighted by Crippen LogP contribution is -2.32. The maximum Gasteiger partial charge on any atom is 0.295 e. The van der Waals surface area contributed by atoms with Crippen LogP contribution in [0.1, 0.15) is 31.0 Å². The number of methoxy groups -OCH3 is 1. The molecule has 158 valence electrons. The van der Waals surface area contributed by atoms with Crippen molar-refractivity contribution in [2.45, 2.75) is 19.9 Å². The summed E-state index contributed by atoms with van der Waals surface area (Å²) in [5.74, 6) is -0.531. The van der Waals surface area contributed by atoms with Crippen molar-refractivity contribution in [2.24, 2.45) is 5.92 Å². The fourth-order valence-electron chi connectivity index (χ4n) is 3.32. The van der Waals surface area contributed by atoms with E-state index in [9.17, 15) is 14.7 Å². The number of carbonyl (C=O) groups excluding carboxylic acids is 2. The Balaban J connectivity index is 2.00. The molecule has 1 aliphatic rings. The van der Waals surface area contributed by atoms with Gasteiger partial charge in [-0.3, -0.25) is 14.6 Å². The van der Waals surface area contributed by atoms with Gasteiger partial charge < -0.3 is 19.5 Å². The lowest BCUT2D eigenvalue weighted by Gasteiger charge is -2.24. The number of hydrogen-bond donors (Lipinski definition) is 1. The van der Waals surface area contributed by atoms with Gasteiger partial charge in [-0.25, -0.2) is 0 Å². The predicted molar refractivity (Wildman–Crippen MR) is 112 cm³/mol. The topological polar surface area (TPSA) is 89.0 Å². The molecule has 1 amide bonds. The minimum atomic E-state index is -0.717. The Hall–Kier alpha value is -3.19. The number of carbonyl (C=O) groups is 2. The summed E-state index contributed by atoms with van der Waals surface area (Å²) in [6, 6.07) is 9.58. The second kappa shape index (κ2) is 9.54. The van der Waals surface area contributed by atoms with Gasteiger partial charge in [-0.2, -0.15) is 0 Å². The van der Waals surface area contributed by atoms with Crippen molar-refractivity contribution in [1.82, 2.24) is 9.88 Å². The van der Waals surface area contributed by atoms with Crippen molar-refractivity contribution in [3.8, 4) is 5.75 Å². The zero-order chi connectivity index (χ0) is 21.7. The van der Waals surface area contributed by atoms with Crippen LogP contribution in [0.25, 0.3) is 5.76 Å². The van der Waals surface area contributed by atoms with Gasteiger partial charge in [-0.15, -0.1) is 0 Å². The van der Waals surface area contributed by atoms with Crippen molar-refractivity contribution in [3.63, 3.8) is 0 Å². The number of benzene rings is 1. The molecule has 2 aromatic rings. The number of ether oxygens (including phenoxy) is 2. The molecule has 0 unspecified atom stereocenters. The summed E-state index contributed by atoms with van der Waals surface area (Å²) in [6.07, 6.45) is 3.18. The molecule has 0 radical (unpaired) electrons. The third-order valence-electron chi connectivity index (χ3n) is 4.81. The molecule has 1 aromatic carbocycles. The maximum absolute atomic E-state index is 12.8. The molecule has 2 heterocycles. The number of Topliss-reactive ketones (excluding diaryl/α,β-unsaturated/α-hetero) is 1. The zero-order valence-electron chi connectivity index (χ0n) is 17.4. The van der Waals surface area contributed by atoms with E-state index in [1.54, 1.807) is 48.8 Å². The Morgan fingerprint density at radius 3 is 2.40 bits per heavy atom. The van der Waals surface area contributed by atoms with Crippen LogP contribution in [0.2, 0.25) is 0 Å². The van der Waals surface area contributed by atoms with Gasteiger partial charge in [0.25, 0.3) is 11.7 Å². The summed E-state index contributed by atoms with van der Waals surface area (Å²) in [7, 11) is 1.53. The number of aliphatic hydroxyl groups excluding tert-OH is 1. The molecule has 7 heteroatoms. The first-order valence-electron chi connectivity index (χ1n) is 9.84. The number of likely N-dealkylation sites (tertiary alicyclic amines) is 1. The van der Waals surface area contributed by atoms with Gasteiger partial charge in [0, 0.05) is 31.6 Å². The third-order valence-corrected chi connectivity index (χ3v) is 4.81. The number of aliphatic hydroxyl groups is 1. The molecule has 0 spiro atoms. The smallest absolute Gasteiger partial charge is 0.295 e. The quantitative estimate of drug-likeness (QED) is 0.408. The first-order chi connectivity index (χ1) is 14.4. The lowest BCUT2D eigenvalue weighted by atomic mass is 9.96. The molecule has 0 saturated carbocycles. The van der Waals surface area contributed by atoms with E-state index in [-0.39, 0.29) is 24.5 Å². The maximum atomic E-state index is 12.8. The normalized spacial score (nSPS) is 18.3. The predicted octanol–water partition coefficient (Wildman–Crippen LogP) is 3.18. The molecule has 1 aromatic heterocycles. The van der Waals surface area contributed by atoms with Gasteiger partial charge >= 0.3 is 0 Å². The minimum absolute atomic E-state index is 0.0538. The second-order valence-electron chi connectivity index (χ2n) is 7.50. The Morgan fingerprint density at radius 1 is 1.13 bits per heavy atom.